The predicted molar refractivity (Wildman–Crippen MR) is 53.3 cm³/mol. The molecule has 0 N–H and O–H groups in total. The number of allylic oxidation sites excluding steroid dienone is 3. The van der Waals surface area contributed by atoms with E-state index in [-0.39, 0.29) is 0 Å². The second-order valence-corrected chi connectivity index (χ2v) is 4.17. The molecule has 1 saturated carbocycles. The average Bonchev–Trinajstić information content (AvgIpc) is 2.48. The third-order valence-corrected chi connectivity index (χ3v) is 3.34. The van der Waals surface area contributed by atoms with Crippen molar-refractivity contribution in [2.75, 3.05) is 0 Å². The Labute approximate surface area is 79.5 Å². The Bertz CT molecular complexity index is 252. The molecular formula is C12H16O. The topological polar surface area (TPSA) is 17.1 Å². The van der Waals surface area contributed by atoms with Gasteiger partial charge in [-0.1, -0.05) is 18.2 Å². The first-order valence-electron chi connectivity index (χ1n) is 5.13. The van der Waals surface area contributed by atoms with Gasteiger partial charge in [-0.25, -0.2) is 0 Å². The van der Waals surface area contributed by atoms with Gasteiger partial charge in [0.2, 0.25) is 0 Å². The highest BCUT2D eigenvalue weighted by atomic mass is 16.1. The zero-order valence-corrected chi connectivity index (χ0v) is 7.91. The van der Waals surface area contributed by atoms with E-state index in [9.17, 15) is 4.79 Å². The summed E-state index contributed by atoms with van der Waals surface area (Å²) in [5, 5.41) is 0. The van der Waals surface area contributed by atoms with Crippen LogP contribution in [0.4, 0.5) is 0 Å². The molecule has 0 saturated heterocycles. The number of carbonyl (C=O) groups is 1. The van der Waals surface area contributed by atoms with E-state index in [0.29, 0.717) is 23.5 Å². The molecular weight excluding hydrogens is 160 g/mol. The molecule has 0 aromatic heterocycles. The van der Waals surface area contributed by atoms with Crippen LogP contribution >= 0.6 is 0 Å². The van der Waals surface area contributed by atoms with Crippen LogP contribution in [-0.2, 0) is 4.79 Å². The van der Waals surface area contributed by atoms with E-state index in [1.165, 1.54) is 0 Å². The summed E-state index contributed by atoms with van der Waals surface area (Å²) in [6.07, 6.45) is 10.3. The Morgan fingerprint density at radius 1 is 1.46 bits per heavy atom. The van der Waals surface area contributed by atoms with Crippen LogP contribution in [0.5, 0.6) is 0 Å². The molecule has 70 valence electrons. The van der Waals surface area contributed by atoms with Crippen LogP contribution in [0.1, 0.15) is 25.7 Å². The van der Waals surface area contributed by atoms with Gasteiger partial charge in [0, 0.05) is 12.3 Å². The molecule has 0 amide bonds. The Morgan fingerprint density at radius 3 is 3.08 bits per heavy atom. The van der Waals surface area contributed by atoms with Gasteiger partial charge in [0.05, 0.1) is 0 Å². The molecule has 1 nitrogen and oxygen atoms in total. The minimum absolute atomic E-state index is 0.307. The first-order chi connectivity index (χ1) is 6.31. The molecule has 0 aliphatic heterocycles. The van der Waals surface area contributed by atoms with Gasteiger partial charge in [0.15, 0.2) is 0 Å². The maximum Gasteiger partial charge on any atom is 0.136 e. The monoisotopic (exact) mass is 176 g/mol. The molecule has 1 fully saturated rings. The molecule has 0 spiro atoms. The van der Waals surface area contributed by atoms with Gasteiger partial charge in [0.1, 0.15) is 5.78 Å². The van der Waals surface area contributed by atoms with E-state index in [2.05, 4.69) is 18.7 Å². The standard InChI is InChI=1S/C12H16O/c1-2-9-7-10-5-3-4-6-12(13)11(10)8-9/h2-3,5,9-11H,1,4,6-8H2. The first-order valence-corrected chi connectivity index (χ1v) is 5.13. The summed E-state index contributed by atoms with van der Waals surface area (Å²) in [4.78, 5) is 11.7. The highest BCUT2D eigenvalue weighted by Crippen LogP contribution is 2.40. The zero-order valence-electron chi connectivity index (χ0n) is 7.91. The third kappa shape index (κ3) is 1.60. The van der Waals surface area contributed by atoms with Crippen molar-refractivity contribution in [1.82, 2.24) is 0 Å². The van der Waals surface area contributed by atoms with Crippen molar-refractivity contribution >= 4 is 5.78 Å². The molecule has 0 aromatic rings. The Balaban J connectivity index is 2.16. The minimum atomic E-state index is 0.307. The van der Waals surface area contributed by atoms with E-state index >= 15 is 0 Å². The van der Waals surface area contributed by atoms with Crippen LogP contribution < -0.4 is 0 Å². The molecule has 0 bridgehead atoms. The molecule has 0 aromatic carbocycles. The summed E-state index contributed by atoms with van der Waals surface area (Å²) in [5.74, 6) is 1.86. The lowest BCUT2D eigenvalue weighted by Gasteiger charge is -2.11. The third-order valence-electron chi connectivity index (χ3n) is 3.34. The van der Waals surface area contributed by atoms with E-state index in [4.69, 9.17) is 0 Å². The van der Waals surface area contributed by atoms with Crippen molar-refractivity contribution < 1.29 is 4.79 Å². The van der Waals surface area contributed by atoms with E-state index in [0.717, 1.165) is 25.7 Å². The number of Topliss-reactive ketones (excluding diaryl/α,β-unsaturated/α-hetero) is 1. The lowest BCUT2D eigenvalue weighted by molar-refractivity contribution is -0.123. The van der Waals surface area contributed by atoms with Crippen LogP contribution in [0.2, 0.25) is 0 Å². The second-order valence-electron chi connectivity index (χ2n) is 4.17. The summed E-state index contributed by atoms with van der Waals surface area (Å²) in [5.41, 5.74) is 0. The number of hydrogen-bond acceptors (Lipinski definition) is 1. The molecule has 0 heterocycles. The van der Waals surface area contributed by atoms with Gasteiger partial charge in [0.25, 0.3) is 0 Å². The summed E-state index contributed by atoms with van der Waals surface area (Å²) >= 11 is 0. The van der Waals surface area contributed by atoms with Crippen LogP contribution in [0.3, 0.4) is 0 Å². The van der Waals surface area contributed by atoms with Crippen molar-refractivity contribution in [3.8, 4) is 0 Å². The van der Waals surface area contributed by atoms with Gasteiger partial charge in [-0.2, -0.15) is 0 Å². The average molecular weight is 176 g/mol. The maximum atomic E-state index is 11.7. The number of fused-ring (bicyclic) bond motifs is 1. The molecule has 2 aliphatic rings. The normalized spacial score (nSPS) is 38.5. The summed E-state index contributed by atoms with van der Waals surface area (Å²) in [6, 6.07) is 0. The summed E-state index contributed by atoms with van der Waals surface area (Å²) < 4.78 is 0. The van der Waals surface area contributed by atoms with Crippen molar-refractivity contribution in [1.29, 1.82) is 0 Å². The lowest BCUT2D eigenvalue weighted by Crippen LogP contribution is -2.15. The van der Waals surface area contributed by atoms with Gasteiger partial charge >= 0.3 is 0 Å². The van der Waals surface area contributed by atoms with E-state index < -0.39 is 0 Å². The Kier molecular flexibility index (Phi) is 2.34. The largest absolute Gasteiger partial charge is 0.299 e. The van der Waals surface area contributed by atoms with E-state index in [1.807, 2.05) is 6.08 Å². The fraction of sp³-hybridized carbons (Fsp3) is 0.583. The second kappa shape index (κ2) is 3.49. The van der Waals surface area contributed by atoms with Crippen molar-refractivity contribution in [2.24, 2.45) is 17.8 Å². The fourth-order valence-electron chi connectivity index (χ4n) is 2.57. The number of ketones is 1. The molecule has 2 aliphatic carbocycles. The molecule has 2 rings (SSSR count). The quantitative estimate of drug-likeness (QED) is 0.561. The fourth-order valence-corrected chi connectivity index (χ4v) is 2.57. The molecule has 0 radical (unpaired) electrons. The first kappa shape index (κ1) is 8.74. The SMILES string of the molecule is C=CC1CC2C=CCCC(=O)C2C1. The smallest absolute Gasteiger partial charge is 0.136 e. The van der Waals surface area contributed by atoms with Crippen LogP contribution in [0, 0.1) is 17.8 Å². The van der Waals surface area contributed by atoms with E-state index in [1.54, 1.807) is 0 Å². The zero-order chi connectivity index (χ0) is 9.26. The van der Waals surface area contributed by atoms with Crippen molar-refractivity contribution in [2.45, 2.75) is 25.7 Å². The number of hydrogen-bond donors (Lipinski definition) is 0. The predicted octanol–water partition coefficient (Wildman–Crippen LogP) is 2.73. The van der Waals surface area contributed by atoms with Gasteiger partial charge in [-0.05, 0) is 31.1 Å². The molecule has 3 atom stereocenters. The number of rotatable bonds is 1. The van der Waals surface area contributed by atoms with Gasteiger partial charge in [-0.3, -0.25) is 4.79 Å². The Hall–Kier alpha value is -0.850. The highest BCUT2D eigenvalue weighted by Gasteiger charge is 2.36. The molecule has 3 unspecified atom stereocenters. The van der Waals surface area contributed by atoms with Crippen molar-refractivity contribution in [3.63, 3.8) is 0 Å². The van der Waals surface area contributed by atoms with Crippen LogP contribution in [0.15, 0.2) is 24.8 Å². The molecule has 1 heteroatoms. The van der Waals surface area contributed by atoms with Crippen molar-refractivity contribution in [3.05, 3.63) is 24.8 Å². The van der Waals surface area contributed by atoms with Gasteiger partial charge in [-0.15, -0.1) is 6.58 Å². The maximum absolute atomic E-state index is 11.7. The number of carbonyl (C=O) groups excluding carboxylic acids is 1. The Morgan fingerprint density at radius 2 is 2.31 bits per heavy atom. The van der Waals surface area contributed by atoms with Crippen LogP contribution in [0.25, 0.3) is 0 Å². The summed E-state index contributed by atoms with van der Waals surface area (Å²) in [7, 11) is 0. The summed E-state index contributed by atoms with van der Waals surface area (Å²) in [6.45, 7) is 3.81. The minimum Gasteiger partial charge on any atom is -0.299 e. The molecule has 13 heavy (non-hydrogen) atoms. The van der Waals surface area contributed by atoms with Crippen LogP contribution in [-0.4, -0.2) is 5.78 Å². The van der Waals surface area contributed by atoms with Gasteiger partial charge < -0.3 is 0 Å². The highest BCUT2D eigenvalue weighted by molar-refractivity contribution is 5.82. The lowest BCUT2D eigenvalue weighted by atomic mass is 9.92.